The van der Waals surface area contributed by atoms with Crippen molar-refractivity contribution < 1.29 is 9.59 Å². The first-order valence-corrected chi connectivity index (χ1v) is 9.92. The summed E-state index contributed by atoms with van der Waals surface area (Å²) in [5.74, 6) is 0.413. The van der Waals surface area contributed by atoms with Crippen LogP contribution in [0.1, 0.15) is 26.3 Å². The minimum absolute atomic E-state index is 0.0195. The van der Waals surface area contributed by atoms with Crippen LogP contribution in [-0.4, -0.2) is 27.6 Å². The Bertz CT molecular complexity index is 942. The van der Waals surface area contributed by atoms with Gasteiger partial charge in [-0.2, -0.15) is 0 Å². The van der Waals surface area contributed by atoms with E-state index in [1.54, 1.807) is 36.4 Å². The van der Waals surface area contributed by atoms with Crippen molar-refractivity contribution in [3.63, 3.8) is 0 Å². The molecule has 0 aliphatic rings. The maximum Gasteiger partial charge on any atom is 0.256 e. The van der Waals surface area contributed by atoms with Gasteiger partial charge >= 0.3 is 0 Å². The largest absolute Gasteiger partial charge is 0.305 e. The van der Waals surface area contributed by atoms with Gasteiger partial charge in [-0.15, -0.1) is 10.2 Å². The lowest BCUT2D eigenvalue weighted by atomic mass is 10.1. The Morgan fingerprint density at radius 2 is 1.59 bits per heavy atom. The van der Waals surface area contributed by atoms with Crippen LogP contribution in [0, 0.1) is 6.92 Å². The van der Waals surface area contributed by atoms with E-state index < -0.39 is 0 Å². The maximum atomic E-state index is 12.2. The number of nitrogens with one attached hydrogen (secondary N) is 1. The van der Waals surface area contributed by atoms with Crippen LogP contribution in [0.25, 0.3) is 0 Å². The zero-order valence-electron chi connectivity index (χ0n) is 14.5. The van der Waals surface area contributed by atoms with Crippen molar-refractivity contribution in [2.45, 2.75) is 11.9 Å². The molecule has 0 aliphatic carbocycles. The molecule has 0 fully saturated rings. The van der Waals surface area contributed by atoms with Crippen molar-refractivity contribution in [1.82, 2.24) is 10.2 Å². The van der Waals surface area contributed by atoms with Gasteiger partial charge in [0.05, 0.1) is 5.75 Å². The second-order valence-electron chi connectivity index (χ2n) is 5.80. The molecular weight excluding hydrogens is 426 g/mol. The summed E-state index contributed by atoms with van der Waals surface area (Å²) in [7, 11) is 0. The lowest BCUT2D eigenvalue weighted by Gasteiger charge is -2.05. The van der Waals surface area contributed by atoms with Crippen LogP contribution in [0.2, 0.25) is 0 Å². The van der Waals surface area contributed by atoms with Crippen LogP contribution in [0.3, 0.4) is 0 Å². The number of amides is 1. The maximum absolute atomic E-state index is 12.2. The number of nitrogens with zero attached hydrogens (tertiary/aromatic N) is 2. The van der Waals surface area contributed by atoms with Gasteiger partial charge in [0, 0.05) is 15.6 Å². The van der Waals surface area contributed by atoms with Gasteiger partial charge in [0.25, 0.3) is 5.91 Å². The SMILES string of the molecule is Cc1ccc(C(=O)Nc2ccc(SCC(=O)c3ccc(Br)cc3)nn2)cc1. The number of halogens is 1. The quantitative estimate of drug-likeness (QED) is 0.440. The van der Waals surface area contributed by atoms with Gasteiger partial charge in [0.15, 0.2) is 11.6 Å². The second kappa shape index (κ2) is 8.92. The Morgan fingerprint density at radius 3 is 2.22 bits per heavy atom. The third-order valence-corrected chi connectivity index (χ3v) is 5.16. The number of aromatic nitrogens is 2. The normalized spacial score (nSPS) is 10.4. The first-order valence-electron chi connectivity index (χ1n) is 8.14. The molecule has 7 heteroatoms. The number of ketones is 1. The average Bonchev–Trinajstić information content (AvgIpc) is 2.68. The lowest BCUT2D eigenvalue weighted by molar-refractivity contribution is 0.101. The smallest absolute Gasteiger partial charge is 0.256 e. The lowest BCUT2D eigenvalue weighted by Crippen LogP contribution is -2.13. The molecule has 5 nitrogen and oxygen atoms in total. The first-order chi connectivity index (χ1) is 13.0. The van der Waals surface area contributed by atoms with Crippen molar-refractivity contribution in [2.75, 3.05) is 11.1 Å². The van der Waals surface area contributed by atoms with Gasteiger partial charge in [-0.05, 0) is 43.3 Å². The third kappa shape index (κ3) is 5.48. The number of aryl methyl sites for hydroxylation is 1. The number of rotatable bonds is 6. The highest BCUT2D eigenvalue weighted by Crippen LogP contribution is 2.18. The average molecular weight is 442 g/mol. The molecule has 27 heavy (non-hydrogen) atoms. The van der Waals surface area contributed by atoms with Crippen molar-refractivity contribution in [1.29, 1.82) is 0 Å². The molecule has 3 aromatic rings. The van der Waals surface area contributed by atoms with E-state index >= 15 is 0 Å². The first kappa shape index (κ1) is 19.3. The second-order valence-corrected chi connectivity index (χ2v) is 7.71. The van der Waals surface area contributed by atoms with E-state index in [4.69, 9.17) is 0 Å². The predicted octanol–water partition coefficient (Wildman–Crippen LogP) is 4.77. The molecule has 0 aliphatic heterocycles. The molecule has 0 radical (unpaired) electrons. The summed E-state index contributed by atoms with van der Waals surface area (Å²) in [6.45, 7) is 1.96. The molecule has 3 rings (SSSR count). The number of hydrogen-bond acceptors (Lipinski definition) is 5. The molecule has 0 bridgehead atoms. The van der Waals surface area contributed by atoms with Crippen molar-refractivity contribution in [3.05, 3.63) is 81.8 Å². The Labute approximate surface area is 169 Å². The fourth-order valence-corrected chi connectivity index (χ4v) is 3.19. The number of thioether (sulfide) groups is 1. The molecule has 0 atom stereocenters. The number of anilines is 1. The Morgan fingerprint density at radius 1 is 0.926 bits per heavy atom. The topological polar surface area (TPSA) is 72.0 Å². The number of carbonyl (C=O) groups excluding carboxylic acids is 2. The fraction of sp³-hybridized carbons (Fsp3) is 0.100. The van der Waals surface area contributed by atoms with Gasteiger partial charge in [-0.1, -0.05) is 57.5 Å². The molecule has 1 N–H and O–H groups in total. The summed E-state index contributed by atoms with van der Waals surface area (Å²) in [6, 6.07) is 17.9. The van der Waals surface area contributed by atoms with Crippen LogP contribution in [0.5, 0.6) is 0 Å². The number of Topliss-reactive ketones (excluding diaryl/α,β-unsaturated/α-hetero) is 1. The fourth-order valence-electron chi connectivity index (χ4n) is 2.22. The molecule has 0 spiro atoms. The van der Waals surface area contributed by atoms with Gasteiger partial charge in [0.2, 0.25) is 0 Å². The van der Waals surface area contributed by atoms with E-state index in [0.29, 0.717) is 22.0 Å². The van der Waals surface area contributed by atoms with E-state index in [0.717, 1.165) is 10.0 Å². The summed E-state index contributed by atoms with van der Waals surface area (Å²) in [6.07, 6.45) is 0. The standard InChI is InChI=1S/C20H16BrN3O2S/c1-13-2-4-15(5-3-13)20(26)22-18-10-11-19(24-23-18)27-12-17(25)14-6-8-16(21)9-7-14/h2-11H,12H2,1H3,(H,22,23,26). The molecular formula is C20H16BrN3O2S. The molecule has 0 unspecified atom stereocenters. The minimum Gasteiger partial charge on any atom is -0.305 e. The summed E-state index contributed by atoms with van der Waals surface area (Å²) in [4.78, 5) is 24.4. The predicted molar refractivity (Wildman–Crippen MR) is 110 cm³/mol. The van der Waals surface area contributed by atoms with Crippen LogP contribution in [0.4, 0.5) is 5.82 Å². The molecule has 1 heterocycles. The minimum atomic E-state index is -0.241. The number of carbonyl (C=O) groups is 2. The number of benzene rings is 2. The van der Waals surface area contributed by atoms with E-state index in [2.05, 4.69) is 31.4 Å². The van der Waals surface area contributed by atoms with Crippen LogP contribution >= 0.6 is 27.7 Å². The zero-order valence-corrected chi connectivity index (χ0v) is 16.9. The molecule has 136 valence electrons. The highest BCUT2D eigenvalue weighted by molar-refractivity contribution is 9.10. The number of hydrogen-bond donors (Lipinski definition) is 1. The van der Waals surface area contributed by atoms with E-state index in [-0.39, 0.29) is 17.4 Å². The molecule has 1 amide bonds. The zero-order chi connectivity index (χ0) is 19.2. The highest BCUT2D eigenvalue weighted by Gasteiger charge is 2.09. The molecule has 0 saturated carbocycles. The van der Waals surface area contributed by atoms with Crippen LogP contribution in [-0.2, 0) is 0 Å². The van der Waals surface area contributed by atoms with Crippen LogP contribution < -0.4 is 5.32 Å². The molecule has 1 aromatic heterocycles. The van der Waals surface area contributed by atoms with Gasteiger partial charge in [-0.3, -0.25) is 9.59 Å². The van der Waals surface area contributed by atoms with Crippen molar-refractivity contribution in [2.24, 2.45) is 0 Å². The monoisotopic (exact) mass is 441 g/mol. The Hall–Kier alpha value is -2.51. The van der Waals surface area contributed by atoms with Gasteiger partial charge < -0.3 is 5.32 Å². The van der Waals surface area contributed by atoms with E-state index in [9.17, 15) is 9.59 Å². The third-order valence-electron chi connectivity index (χ3n) is 3.71. The van der Waals surface area contributed by atoms with Gasteiger partial charge in [0.1, 0.15) is 5.03 Å². The van der Waals surface area contributed by atoms with Crippen molar-refractivity contribution in [3.8, 4) is 0 Å². The summed E-state index contributed by atoms with van der Waals surface area (Å²) >= 11 is 4.65. The summed E-state index contributed by atoms with van der Waals surface area (Å²) < 4.78 is 0.931. The summed E-state index contributed by atoms with van der Waals surface area (Å²) in [5, 5.41) is 11.4. The van der Waals surface area contributed by atoms with E-state index in [1.165, 1.54) is 11.8 Å². The molecule has 2 aromatic carbocycles. The van der Waals surface area contributed by atoms with Gasteiger partial charge in [-0.25, -0.2) is 0 Å². The van der Waals surface area contributed by atoms with Crippen LogP contribution in [0.15, 0.2) is 70.2 Å². The Balaban J connectivity index is 1.55. The van der Waals surface area contributed by atoms with E-state index in [1.807, 2.05) is 31.2 Å². The molecule has 0 saturated heterocycles. The highest BCUT2D eigenvalue weighted by atomic mass is 79.9. The van der Waals surface area contributed by atoms with Crippen molar-refractivity contribution >= 4 is 45.2 Å². The Kier molecular flexibility index (Phi) is 6.36. The summed E-state index contributed by atoms with van der Waals surface area (Å²) in [5.41, 5.74) is 2.30.